The van der Waals surface area contributed by atoms with Gasteiger partial charge in [-0.15, -0.1) is 0 Å². The van der Waals surface area contributed by atoms with Crippen LogP contribution in [0.4, 0.5) is 0 Å². The Kier molecular flexibility index (Phi) is 3.78. The molecule has 2 aliphatic rings. The molecule has 23 heavy (non-hydrogen) atoms. The Labute approximate surface area is 133 Å². The maximum atomic E-state index is 12.8. The van der Waals surface area contributed by atoms with Crippen LogP contribution in [0.3, 0.4) is 0 Å². The van der Waals surface area contributed by atoms with Crippen LogP contribution in [-0.2, 0) is 17.6 Å². The zero-order valence-electron chi connectivity index (χ0n) is 12.8. The van der Waals surface area contributed by atoms with Crippen LogP contribution in [0.1, 0.15) is 46.5 Å². The SMILES string of the molecule is O=C(c1noc2c1CCCC2)N1CCO[C@H](c2cnccn2)C1. The largest absolute Gasteiger partial charge is 0.368 e. The van der Waals surface area contributed by atoms with Gasteiger partial charge in [-0.3, -0.25) is 14.8 Å². The molecule has 0 radical (unpaired) electrons. The average molecular weight is 314 g/mol. The number of rotatable bonds is 2. The van der Waals surface area contributed by atoms with Gasteiger partial charge in [0.1, 0.15) is 11.9 Å². The average Bonchev–Trinajstić information content (AvgIpc) is 3.06. The summed E-state index contributed by atoms with van der Waals surface area (Å²) in [7, 11) is 0. The van der Waals surface area contributed by atoms with E-state index in [9.17, 15) is 4.79 Å². The smallest absolute Gasteiger partial charge is 0.276 e. The van der Waals surface area contributed by atoms with Gasteiger partial charge in [0.2, 0.25) is 0 Å². The van der Waals surface area contributed by atoms with Crippen molar-refractivity contribution in [2.24, 2.45) is 0 Å². The van der Waals surface area contributed by atoms with Crippen molar-refractivity contribution in [3.8, 4) is 0 Å². The maximum Gasteiger partial charge on any atom is 0.276 e. The number of aromatic nitrogens is 3. The molecule has 0 spiro atoms. The fourth-order valence-electron chi connectivity index (χ4n) is 3.19. The van der Waals surface area contributed by atoms with Crippen LogP contribution >= 0.6 is 0 Å². The highest BCUT2D eigenvalue weighted by molar-refractivity contribution is 5.94. The molecule has 1 aliphatic carbocycles. The van der Waals surface area contributed by atoms with Crippen molar-refractivity contribution in [3.63, 3.8) is 0 Å². The first kappa shape index (κ1) is 14.3. The summed E-state index contributed by atoms with van der Waals surface area (Å²) in [5.74, 6) is 0.799. The van der Waals surface area contributed by atoms with Crippen LogP contribution in [0.25, 0.3) is 0 Å². The van der Waals surface area contributed by atoms with Gasteiger partial charge in [0.25, 0.3) is 5.91 Å². The Morgan fingerprint density at radius 2 is 2.17 bits per heavy atom. The molecule has 3 heterocycles. The molecule has 1 saturated heterocycles. The van der Waals surface area contributed by atoms with Crippen molar-refractivity contribution < 1.29 is 14.1 Å². The molecule has 7 nitrogen and oxygen atoms in total. The zero-order chi connectivity index (χ0) is 15.6. The first-order valence-corrected chi connectivity index (χ1v) is 7.97. The molecule has 1 atom stereocenters. The van der Waals surface area contributed by atoms with Gasteiger partial charge < -0.3 is 14.2 Å². The molecule has 0 aromatic carbocycles. The minimum atomic E-state index is -0.246. The molecule has 0 saturated carbocycles. The number of amides is 1. The van der Waals surface area contributed by atoms with E-state index < -0.39 is 0 Å². The van der Waals surface area contributed by atoms with Crippen molar-refractivity contribution in [2.75, 3.05) is 19.7 Å². The summed E-state index contributed by atoms with van der Waals surface area (Å²) < 4.78 is 11.1. The molecule has 7 heteroatoms. The van der Waals surface area contributed by atoms with E-state index in [0.717, 1.165) is 42.7 Å². The zero-order valence-corrected chi connectivity index (χ0v) is 12.8. The lowest BCUT2D eigenvalue weighted by Gasteiger charge is -2.32. The molecular weight excluding hydrogens is 296 g/mol. The van der Waals surface area contributed by atoms with Crippen LogP contribution in [0.2, 0.25) is 0 Å². The number of fused-ring (bicyclic) bond motifs is 1. The fourth-order valence-corrected chi connectivity index (χ4v) is 3.19. The van der Waals surface area contributed by atoms with E-state index in [4.69, 9.17) is 9.26 Å². The monoisotopic (exact) mass is 314 g/mol. The van der Waals surface area contributed by atoms with Gasteiger partial charge in [0.05, 0.1) is 25.0 Å². The highest BCUT2D eigenvalue weighted by Crippen LogP contribution is 2.27. The molecule has 0 unspecified atom stereocenters. The van der Waals surface area contributed by atoms with Crippen molar-refractivity contribution >= 4 is 5.91 Å². The molecule has 1 amide bonds. The Balaban J connectivity index is 1.53. The molecule has 4 rings (SSSR count). The van der Waals surface area contributed by atoms with Gasteiger partial charge in [0.15, 0.2) is 5.69 Å². The van der Waals surface area contributed by atoms with E-state index in [0.29, 0.717) is 25.4 Å². The lowest BCUT2D eigenvalue weighted by Crippen LogP contribution is -2.43. The normalized spacial score (nSPS) is 21.0. The highest BCUT2D eigenvalue weighted by atomic mass is 16.5. The third-order valence-electron chi connectivity index (χ3n) is 4.42. The third-order valence-corrected chi connectivity index (χ3v) is 4.42. The summed E-state index contributed by atoms with van der Waals surface area (Å²) in [5.41, 5.74) is 2.20. The minimum Gasteiger partial charge on any atom is -0.368 e. The predicted molar refractivity (Wildman–Crippen MR) is 79.8 cm³/mol. The quantitative estimate of drug-likeness (QED) is 0.836. The van der Waals surface area contributed by atoms with Crippen LogP contribution in [-0.4, -0.2) is 45.6 Å². The van der Waals surface area contributed by atoms with E-state index >= 15 is 0 Å². The van der Waals surface area contributed by atoms with Gasteiger partial charge in [-0.2, -0.15) is 0 Å². The van der Waals surface area contributed by atoms with Crippen LogP contribution in [0.5, 0.6) is 0 Å². The molecule has 1 fully saturated rings. The summed E-state index contributed by atoms with van der Waals surface area (Å²) in [4.78, 5) is 22.9. The standard InChI is InChI=1S/C16H18N4O3/c21-16(15-11-3-1-2-4-13(11)23-19-15)20-7-8-22-14(10-20)12-9-17-5-6-18-12/h5-6,9,14H,1-4,7-8,10H2/t14-/m0/s1. The summed E-state index contributed by atoms with van der Waals surface area (Å²) >= 11 is 0. The van der Waals surface area contributed by atoms with E-state index in [2.05, 4.69) is 15.1 Å². The first-order valence-electron chi connectivity index (χ1n) is 7.97. The number of hydrogen-bond donors (Lipinski definition) is 0. The van der Waals surface area contributed by atoms with E-state index in [1.54, 1.807) is 23.5 Å². The van der Waals surface area contributed by atoms with Gasteiger partial charge in [-0.25, -0.2) is 0 Å². The second-order valence-electron chi connectivity index (χ2n) is 5.88. The number of nitrogens with zero attached hydrogens (tertiary/aromatic N) is 4. The van der Waals surface area contributed by atoms with Crippen LogP contribution in [0, 0.1) is 0 Å². The number of aryl methyl sites for hydroxylation is 1. The lowest BCUT2D eigenvalue weighted by atomic mass is 9.96. The number of carbonyl (C=O) groups excluding carboxylic acids is 1. The van der Waals surface area contributed by atoms with E-state index in [1.807, 2.05) is 0 Å². The third kappa shape index (κ3) is 2.72. The molecule has 1 aliphatic heterocycles. The topological polar surface area (TPSA) is 81.4 Å². The summed E-state index contributed by atoms with van der Waals surface area (Å²) in [5, 5.41) is 4.04. The van der Waals surface area contributed by atoms with Gasteiger partial charge in [0, 0.05) is 30.9 Å². The molecule has 0 bridgehead atoms. The Morgan fingerprint density at radius 3 is 3.04 bits per heavy atom. The molecule has 0 N–H and O–H groups in total. The number of ether oxygens (including phenoxy) is 1. The number of morpholine rings is 1. The van der Waals surface area contributed by atoms with Crippen LogP contribution < -0.4 is 0 Å². The highest BCUT2D eigenvalue weighted by Gasteiger charge is 2.31. The van der Waals surface area contributed by atoms with E-state index in [-0.39, 0.29) is 12.0 Å². The van der Waals surface area contributed by atoms with Gasteiger partial charge in [-0.1, -0.05) is 5.16 Å². The maximum absolute atomic E-state index is 12.8. The Hall–Kier alpha value is -2.28. The minimum absolute atomic E-state index is 0.0749. The Bertz CT molecular complexity index is 701. The van der Waals surface area contributed by atoms with Crippen molar-refractivity contribution in [2.45, 2.75) is 31.8 Å². The van der Waals surface area contributed by atoms with Gasteiger partial charge >= 0.3 is 0 Å². The summed E-state index contributed by atoms with van der Waals surface area (Å²) in [6, 6.07) is 0. The number of carbonyl (C=O) groups is 1. The lowest BCUT2D eigenvalue weighted by molar-refractivity contribution is -0.0252. The molecule has 2 aromatic heterocycles. The summed E-state index contributed by atoms with van der Waals surface area (Å²) in [6.45, 7) is 1.49. The van der Waals surface area contributed by atoms with Crippen molar-refractivity contribution in [1.82, 2.24) is 20.0 Å². The first-order chi connectivity index (χ1) is 11.3. The summed E-state index contributed by atoms with van der Waals surface area (Å²) in [6.07, 6.45) is 8.62. The van der Waals surface area contributed by atoms with Crippen molar-refractivity contribution in [3.05, 3.63) is 41.3 Å². The fraction of sp³-hybridized carbons (Fsp3) is 0.500. The second kappa shape index (κ2) is 6.08. The molecule has 2 aromatic rings. The van der Waals surface area contributed by atoms with Gasteiger partial charge in [-0.05, 0) is 19.3 Å². The Morgan fingerprint density at radius 1 is 1.26 bits per heavy atom. The predicted octanol–water partition coefficient (Wildman–Crippen LogP) is 1.56. The van der Waals surface area contributed by atoms with Crippen LogP contribution in [0.15, 0.2) is 23.1 Å². The van der Waals surface area contributed by atoms with Crippen molar-refractivity contribution in [1.29, 1.82) is 0 Å². The second-order valence-corrected chi connectivity index (χ2v) is 5.88. The molecular formula is C16H18N4O3. The van der Waals surface area contributed by atoms with E-state index in [1.165, 1.54) is 0 Å². The molecule has 120 valence electrons. The number of hydrogen-bond acceptors (Lipinski definition) is 6.